The third kappa shape index (κ3) is 5.09. The predicted molar refractivity (Wildman–Crippen MR) is 98.3 cm³/mol. The van der Waals surface area contributed by atoms with E-state index in [0.29, 0.717) is 6.61 Å². The third-order valence-electron chi connectivity index (χ3n) is 4.94. The van der Waals surface area contributed by atoms with Gasteiger partial charge < -0.3 is 14.4 Å². The van der Waals surface area contributed by atoms with E-state index in [9.17, 15) is 4.79 Å². The van der Waals surface area contributed by atoms with Gasteiger partial charge in [0.1, 0.15) is 18.5 Å². The molecule has 2 heterocycles. The number of carbonyl (C=O) groups excluding carboxylic acids is 1. The molecule has 1 aromatic rings. The molecule has 0 aromatic heterocycles. The zero-order valence-electron chi connectivity index (χ0n) is 14.9. The molecule has 0 saturated carbocycles. The Morgan fingerprint density at radius 2 is 2.08 bits per heavy atom. The fourth-order valence-corrected chi connectivity index (χ4v) is 3.62. The van der Waals surface area contributed by atoms with Crippen molar-refractivity contribution in [1.29, 1.82) is 0 Å². The minimum Gasteiger partial charge on any atom is -0.492 e. The van der Waals surface area contributed by atoms with Gasteiger partial charge in [0.25, 0.3) is 5.91 Å². The van der Waals surface area contributed by atoms with E-state index in [1.807, 2.05) is 30.0 Å². The number of halogens is 1. The first kappa shape index (κ1) is 18.5. The second-order valence-electron chi connectivity index (χ2n) is 6.78. The van der Waals surface area contributed by atoms with Crippen LogP contribution in [0.15, 0.2) is 18.2 Å². The van der Waals surface area contributed by atoms with Crippen LogP contribution in [0.25, 0.3) is 0 Å². The van der Waals surface area contributed by atoms with Crippen molar-refractivity contribution in [1.82, 2.24) is 9.80 Å². The summed E-state index contributed by atoms with van der Waals surface area (Å²) in [5.74, 6) is 1.06. The fourth-order valence-electron chi connectivity index (χ4n) is 3.39. The molecule has 2 aliphatic rings. The minimum absolute atomic E-state index is 0.174. The number of piperazine rings is 1. The molecule has 0 unspecified atom stereocenters. The molecule has 1 amide bonds. The van der Waals surface area contributed by atoms with Gasteiger partial charge in [-0.05, 0) is 49.9 Å². The summed E-state index contributed by atoms with van der Waals surface area (Å²) in [6, 6.07) is 5.68. The SMILES string of the molecule is Cc1cc(Cl)ccc1OCCN1CCN(C(=O)[C@@H]2CCCCO2)CC1. The Morgan fingerprint density at radius 3 is 2.76 bits per heavy atom. The quantitative estimate of drug-likeness (QED) is 0.803. The molecular formula is C19H27ClN2O3. The lowest BCUT2D eigenvalue weighted by Gasteiger charge is -2.36. The maximum Gasteiger partial charge on any atom is 0.251 e. The van der Waals surface area contributed by atoms with Gasteiger partial charge in [-0.15, -0.1) is 0 Å². The van der Waals surface area contributed by atoms with E-state index in [0.717, 1.165) is 74.9 Å². The molecule has 0 spiro atoms. The average Bonchev–Trinajstić information content (AvgIpc) is 2.64. The Labute approximate surface area is 154 Å². The molecule has 1 aromatic carbocycles. The zero-order chi connectivity index (χ0) is 17.6. The van der Waals surface area contributed by atoms with Crippen LogP contribution in [0.3, 0.4) is 0 Å². The van der Waals surface area contributed by atoms with Crippen molar-refractivity contribution >= 4 is 17.5 Å². The number of aryl methyl sites for hydroxylation is 1. The van der Waals surface area contributed by atoms with Crippen molar-refractivity contribution in [2.24, 2.45) is 0 Å². The predicted octanol–water partition coefficient (Wildman–Crippen LogP) is 2.74. The average molecular weight is 367 g/mol. The van der Waals surface area contributed by atoms with Crippen LogP contribution in [0.1, 0.15) is 24.8 Å². The highest BCUT2D eigenvalue weighted by Gasteiger charge is 2.29. The lowest BCUT2D eigenvalue weighted by atomic mass is 10.1. The van der Waals surface area contributed by atoms with Crippen LogP contribution in [0.4, 0.5) is 0 Å². The second kappa shape index (κ2) is 8.88. The first-order valence-corrected chi connectivity index (χ1v) is 9.53. The summed E-state index contributed by atoms with van der Waals surface area (Å²) in [6.45, 7) is 7.56. The summed E-state index contributed by atoms with van der Waals surface area (Å²) < 4.78 is 11.5. The lowest BCUT2D eigenvalue weighted by Crippen LogP contribution is -2.52. The minimum atomic E-state index is -0.212. The highest BCUT2D eigenvalue weighted by molar-refractivity contribution is 6.30. The van der Waals surface area contributed by atoms with E-state index in [1.165, 1.54) is 0 Å². The molecule has 0 bridgehead atoms. The van der Waals surface area contributed by atoms with Crippen LogP contribution < -0.4 is 4.74 Å². The molecular weight excluding hydrogens is 340 g/mol. The van der Waals surface area contributed by atoms with E-state index >= 15 is 0 Å². The smallest absolute Gasteiger partial charge is 0.251 e. The Hall–Kier alpha value is -1.30. The first-order valence-electron chi connectivity index (χ1n) is 9.15. The molecule has 2 fully saturated rings. The number of hydrogen-bond donors (Lipinski definition) is 0. The molecule has 0 radical (unpaired) electrons. The van der Waals surface area contributed by atoms with Crippen LogP contribution in [-0.2, 0) is 9.53 Å². The summed E-state index contributed by atoms with van der Waals surface area (Å²) in [6.07, 6.45) is 2.83. The number of amides is 1. The molecule has 5 nitrogen and oxygen atoms in total. The van der Waals surface area contributed by atoms with Gasteiger partial charge in [-0.2, -0.15) is 0 Å². The number of ether oxygens (including phenoxy) is 2. The number of nitrogens with zero attached hydrogens (tertiary/aromatic N) is 2. The van der Waals surface area contributed by atoms with Crippen molar-refractivity contribution in [2.75, 3.05) is 45.9 Å². The fraction of sp³-hybridized carbons (Fsp3) is 0.632. The number of hydrogen-bond acceptors (Lipinski definition) is 4. The highest BCUT2D eigenvalue weighted by Crippen LogP contribution is 2.22. The highest BCUT2D eigenvalue weighted by atomic mass is 35.5. The Kier molecular flexibility index (Phi) is 6.57. The van der Waals surface area contributed by atoms with Crippen LogP contribution in [0.5, 0.6) is 5.75 Å². The largest absolute Gasteiger partial charge is 0.492 e. The van der Waals surface area contributed by atoms with E-state index in [-0.39, 0.29) is 12.0 Å². The third-order valence-corrected chi connectivity index (χ3v) is 5.18. The van der Waals surface area contributed by atoms with Crippen molar-refractivity contribution in [3.63, 3.8) is 0 Å². The van der Waals surface area contributed by atoms with E-state index in [1.54, 1.807) is 0 Å². The van der Waals surface area contributed by atoms with E-state index < -0.39 is 0 Å². The van der Waals surface area contributed by atoms with Crippen molar-refractivity contribution in [3.8, 4) is 5.75 Å². The summed E-state index contributed by atoms with van der Waals surface area (Å²) in [5.41, 5.74) is 1.05. The Balaban J connectivity index is 1.38. The molecule has 2 saturated heterocycles. The standard InChI is InChI=1S/C19H27ClN2O3/c1-15-14-16(20)5-6-17(15)25-13-11-21-7-9-22(10-8-21)19(23)18-4-2-3-12-24-18/h5-6,14,18H,2-4,7-13H2,1H3/t18-/m0/s1. The van der Waals surface area contributed by atoms with Gasteiger partial charge in [0.05, 0.1) is 0 Å². The van der Waals surface area contributed by atoms with Crippen molar-refractivity contribution < 1.29 is 14.3 Å². The van der Waals surface area contributed by atoms with Gasteiger partial charge in [0.15, 0.2) is 0 Å². The first-order chi connectivity index (χ1) is 12.1. The summed E-state index contributed by atoms with van der Waals surface area (Å²) in [5, 5.41) is 0.729. The number of rotatable bonds is 5. The van der Waals surface area contributed by atoms with Crippen LogP contribution in [0.2, 0.25) is 5.02 Å². The molecule has 2 aliphatic heterocycles. The Bertz CT molecular complexity index is 582. The van der Waals surface area contributed by atoms with Gasteiger partial charge in [-0.1, -0.05) is 11.6 Å². The molecule has 1 atom stereocenters. The van der Waals surface area contributed by atoms with E-state index in [2.05, 4.69) is 4.90 Å². The lowest BCUT2D eigenvalue weighted by molar-refractivity contribution is -0.148. The van der Waals surface area contributed by atoms with Gasteiger partial charge >= 0.3 is 0 Å². The molecule has 3 rings (SSSR count). The summed E-state index contributed by atoms with van der Waals surface area (Å²) >= 11 is 5.96. The maximum absolute atomic E-state index is 12.5. The van der Waals surface area contributed by atoms with Crippen LogP contribution >= 0.6 is 11.6 Å². The topological polar surface area (TPSA) is 42.0 Å². The van der Waals surface area contributed by atoms with E-state index in [4.69, 9.17) is 21.1 Å². The maximum atomic E-state index is 12.5. The monoisotopic (exact) mass is 366 g/mol. The zero-order valence-corrected chi connectivity index (χ0v) is 15.6. The molecule has 0 N–H and O–H groups in total. The van der Waals surface area contributed by atoms with Crippen molar-refractivity contribution in [3.05, 3.63) is 28.8 Å². The van der Waals surface area contributed by atoms with Gasteiger partial charge in [0.2, 0.25) is 0 Å². The Morgan fingerprint density at radius 1 is 1.28 bits per heavy atom. The van der Waals surface area contributed by atoms with Crippen molar-refractivity contribution in [2.45, 2.75) is 32.3 Å². The molecule has 25 heavy (non-hydrogen) atoms. The van der Waals surface area contributed by atoms with Gasteiger partial charge in [-0.25, -0.2) is 0 Å². The summed E-state index contributed by atoms with van der Waals surface area (Å²) in [4.78, 5) is 16.8. The number of benzene rings is 1. The normalized spacial score (nSPS) is 22.0. The summed E-state index contributed by atoms with van der Waals surface area (Å²) in [7, 11) is 0. The number of carbonyl (C=O) groups is 1. The van der Waals surface area contributed by atoms with Gasteiger partial charge in [-0.3, -0.25) is 9.69 Å². The second-order valence-corrected chi connectivity index (χ2v) is 7.22. The molecule has 6 heteroatoms. The van der Waals surface area contributed by atoms with Crippen LogP contribution in [0, 0.1) is 6.92 Å². The molecule has 0 aliphatic carbocycles. The molecule has 138 valence electrons. The van der Waals surface area contributed by atoms with Gasteiger partial charge in [0, 0.05) is 44.4 Å². The van der Waals surface area contributed by atoms with Crippen LogP contribution in [-0.4, -0.2) is 67.7 Å².